The van der Waals surface area contributed by atoms with Gasteiger partial charge in [-0.3, -0.25) is 4.68 Å². The molecule has 0 unspecified atom stereocenters. The topological polar surface area (TPSA) is 29.9 Å². The summed E-state index contributed by atoms with van der Waals surface area (Å²) in [5.74, 6) is 0. The van der Waals surface area contributed by atoms with Gasteiger partial charge in [-0.1, -0.05) is 6.92 Å². The number of nitrogens with zero attached hydrogens (tertiary/aromatic N) is 2. The maximum absolute atomic E-state index is 4.19. The molecule has 0 bridgehead atoms. The molecule has 1 heterocycles. The minimum Gasteiger partial charge on any atom is -0.313 e. The molecule has 1 aromatic rings. The van der Waals surface area contributed by atoms with Crippen LogP contribution in [0.25, 0.3) is 0 Å². The maximum atomic E-state index is 4.19. The van der Waals surface area contributed by atoms with E-state index < -0.39 is 0 Å². The monoisotopic (exact) mass is 167 g/mol. The fourth-order valence-electron chi connectivity index (χ4n) is 1.08. The number of nitrogens with one attached hydrogen (secondary N) is 1. The summed E-state index contributed by atoms with van der Waals surface area (Å²) in [7, 11) is 0. The van der Waals surface area contributed by atoms with Crippen LogP contribution in [-0.4, -0.2) is 16.3 Å². The Bertz CT molecular complexity index is 217. The molecule has 3 heteroatoms. The summed E-state index contributed by atoms with van der Waals surface area (Å²) in [6.45, 7) is 7.23. The Balaban J connectivity index is 2.31. The Hall–Kier alpha value is -0.830. The van der Waals surface area contributed by atoms with E-state index in [4.69, 9.17) is 0 Å². The molecule has 0 amide bonds. The quantitative estimate of drug-likeness (QED) is 0.672. The van der Waals surface area contributed by atoms with E-state index in [1.807, 2.05) is 10.9 Å². The molecule has 0 aliphatic rings. The molecule has 0 saturated carbocycles. The van der Waals surface area contributed by atoms with Crippen LogP contribution in [0.15, 0.2) is 12.4 Å². The number of aromatic nitrogens is 2. The molecule has 1 rings (SSSR count). The summed E-state index contributed by atoms with van der Waals surface area (Å²) < 4.78 is 1.95. The zero-order valence-corrected chi connectivity index (χ0v) is 7.88. The standard InChI is InChI=1S/C9H17N3/c1-3-5-10-6-9-7-11-12(4-2)8-9/h7-8,10H,3-6H2,1-2H3. The number of hydrogen-bond acceptors (Lipinski definition) is 2. The van der Waals surface area contributed by atoms with E-state index in [9.17, 15) is 0 Å². The second kappa shape index (κ2) is 4.93. The average Bonchev–Trinajstić information content (AvgIpc) is 2.53. The van der Waals surface area contributed by atoms with Crippen molar-refractivity contribution in [3.63, 3.8) is 0 Å². The third kappa shape index (κ3) is 2.66. The van der Waals surface area contributed by atoms with Gasteiger partial charge in [-0.2, -0.15) is 5.10 Å². The van der Waals surface area contributed by atoms with Crippen LogP contribution < -0.4 is 5.32 Å². The highest BCUT2D eigenvalue weighted by Crippen LogP contribution is 1.96. The van der Waals surface area contributed by atoms with E-state index in [-0.39, 0.29) is 0 Å². The molecule has 0 fully saturated rings. The molecule has 0 spiro atoms. The van der Waals surface area contributed by atoms with Gasteiger partial charge in [-0.25, -0.2) is 0 Å². The smallest absolute Gasteiger partial charge is 0.0534 e. The summed E-state index contributed by atoms with van der Waals surface area (Å²) in [5, 5.41) is 7.53. The lowest BCUT2D eigenvalue weighted by Gasteiger charge is -1.98. The first-order valence-corrected chi connectivity index (χ1v) is 4.58. The van der Waals surface area contributed by atoms with Gasteiger partial charge in [-0.15, -0.1) is 0 Å². The molecule has 0 radical (unpaired) electrons. The van der Waals surface area contributed by atoms with Crippen LogP contribution in [0.2, 0.25) is 0 Å². The van der Waals surface area contributed by atoms with Crippen LogP contribution in [0.5, 0.6) is 0 Å². The summed E-state index contributed by atoms with van der Waals surface area (Å²) in [4.78, 5) is 0. The Labute approximate surface area is 73.8 Å². The third-order valence-corrected chi connectivity index (χ3v) is 1.77. The van der Waals surface area contributed by atoms with E-state index in [2.05, 4.69) is 30.5 Å². The van der Waals surface area contributed by atoms with Crippen molar-refractivity contribution in [1.29, 1.82) is 0 Å². The zero-order valence-electron chi connectivity index (χ0n) is 7.88. The van der Waals surface area contributed by atoms with Gasteiger partial charge < -0.3 is 5.32 Å². The SMILES string of the molecule is CCCNCc1cnn(CC)c1. The molecule has 0 aromatic carbocycles. The Morgan fingerprint density at radius 2 is 2.33 bits per heavy atom. The van der Waals surface area contributed by atoms with Crippen LogP contribution >= 0.6 is 0 Å². The number of hydrogen-bond donors (Lipinski definition) is 1. The van der Waals surface area contributed by atoms with Crippen molar-refractivity contribution in [2.24, 2.45) is 0 Å². The fourth-order valence-corrected chi connectivity index (χ4v) is 1.08. The van der Waals surface area contributed by atoms with E-state index in [0.29, 0.717) is 0 Å². The summed E-state index contributed by atoms with van der Waals surface area (Å²) in [5.41, 5.74) is 1.27. The Kier molecular flexibility index (Phi) is 3.80. The van der Waals surface area contributed by atoms with Crippen LogP contribution in [0.3, 0.4) is 0 Å². The lowest BCUT2D eigenvalue weighted by atomic mass is 10.3. The molecular formula is C9H17N3. The van der Waals surface area contributed by atoms with E-state index >= 15 is 0 Å². The highest BCUT2D eigenvalue weighted by molar-refractivity contribution is 5.02. The fraction of sp³-hybridized carbons (Fsp3) is 0.667. The molecule has 0 aliphatic carbocycles. The molecule has 68 valence electrons. The minimum atomic E-state index is 0.938. The first-order chi connectivity index (χ1) is 5.86. The first kappa shape index (κ1) is 9.26. The molecule has 0 aliphatic heterocycles. The summed E-state index contributed by atoms with van der Waals surface area (Å²) in [6, 6.07) is 0. The maximum Gasteiger partial charge on any atom is 0.0534 e. The van der Waals surface area contributed by atoms with Gasteiger partial charge in [-0.05, 0) is 19.9 Å². The van der Waals surface area contributed by atoms with Gasteiger partial charge in [0, 0.05) is 24.8 Å². The van der Waals surface area contributed by atoms with Crippen molar-refractivity contribution in [3.05, 3.63) is 18.0 Å². The van der Waals surface area contributed by atoms with Crippen molar-refractivity contribution >= 4 is 0 Å². The number of aryl methyl sites for hydroxylation is 1. The summed E-state index contributed by atoms with van der Waals surface area (Å²) in [6.07, 6.45) is 5.19. The zero-order chi connectivity index (χ0) is 8.81. The van der Waals surface area contributed by atoms with Gasteiger partial charge in [0.05, 0.1) is 6.20 Å². The minimum absolute atomic E-state index is 0.938. The number of rotatable bonds is 5. The molecule has 0 atom stereocenters. The third-order valence-electron chi connectivity index (χ3n) is 1.77. The van der Waals surface area contributed by atoms with Gasteiger partial charge in [0.1, 0.15) is 0 Å². The van der Waals surface area contributed by atoms with Gasteiger partial charge >= 0.3 is 0 Å². The van der Waals surface area contributed by atoms with E-state index in [1.165, 1.54) is 12.0 Å². The molecule has 3 nitrogen and oxygen atoms in total. The first-order valence-electron chi connectivity index (χ1n) is 4.58. The van der Waals surface area contributed by atoms with Crippen molar-refractivity contribution in [2.45, 2.75) is 33.4 Å². The second-order valence-corrected chi connectivity index (χ2v) is 2.88. The van der Waals surface area contributed by atoms with Crippen molar-refractivity contribution in [1.82, 2.24) is 15.1 Å². The average molecular weight is 167 g/mol. The predicted molar refractivity (Wildman–Crippen MR) is 49.9 cm³/mol. The molecule has 1 N–H and O–H groups in total. The summed E-state index contributed by atoms with van der Waals surface area (Å²) >= 11 is 0. The lowest BCUT2D eigenvalue weighted by molar-refractivity contribution is 0.653. The predicted octanol–water partition coefficient (Wildman–Crippen LogP) is 1.40. The normalized spacial score (nSPS) is 10.5. The van der Waals surface area contributed by atoms with Crippen LogP contribution in [0.4, 0.5) is 0 Å². The van der Waals surface area contributed by atoms with Crippen molar-refractivity contribution in [3.8, 4) is 0 Å². The van der Waals surface area contributed by atoms with Crippen molar-refractivity contribution in [2.75, 3.05) is 6.54 Å². The van der Waals surface area contributed by atoms with E-state index in [1.54, 1.807) is 0 Å². The highest BCUT2D eigenvalue weighted by atomic mass is 15.3. The Morgan fingerprint density at radius 3 is 2.92 bits per heavy atom. The molecule has 12 heavy (non-hydrogen) atoms. The molecule has 0 saturated heterocycles. The lowest BCUT2D eigenvalue weighted by Crippen LogP contribution is -2.13. The largest absolute Gasteiger partial charge is 0.313 e. The van der Waals surface area contributed by atoms with Gasteiger partial charge in [0.2, 0.25) is 0 Å². The van der Waals surface area contributed by atoms with Crippen LogP contribution in [-0.2, 0) is 13.1 Å². The second-order valence-electron chi connectivity index (χ2n) is 2.88. The van der Waals surface area contributed by atoms with Gasteiger partial charge in [0.25, 0.3) is 0 Å². The van der Waals surface area contributed by atoms with E-state index in [0.717, 1.165) is 19.6 Å². The molecular weight excluding hydrogens is 150 g/mol. The van der Waals surface area contributed by atoms with Crippen LogP contribution in [0, 0.1) is 0 Å². The van der Waals surface area contributed by atoms with Crippen LogP contribution in [0.1, 0.15) is 25.8 Å². The highest BCUT2D eigenvalue weighted by Gasteiger charge is 1.94. The Morgan fingerprint density at radius 1 is 1.50 bits per heavy atom. The van der Waals surface area contributed by atoms with Gasteiger partial charge in [0.15, 0.2) is 0 Å². The van der Waals surface area contributed by atoms with Crippen molar-refractivity contribution < 1.29 is 0 Å². The molecule has 1 aromatic heterocycles.